The molecule has 0 fully saturated rings. The molecule has 1 unspecified atom stereocenters. The van der Waals surface area contributed by atoms with Gasteiger partial charge in [0, 0.05) is 50.2 Å². The van der Waals surface area contributed by atoms with Crippen LogP contribution in [-0.4, -0.2) is 62.1 Å². The number of hydrogen-bond acceptors (Lipinski definition) is 5. The van der Waals surface area contributed by atoms with Crippen molar-refractivity contribution in [2.24, 2.45) is 11.8 Å². The van der Waals surface area contributed by atoms with Crippen LogP contribution in [-0.2, 0) is 19.1 Å². The van der Waals surface area contributed by atoms with Gasteiger partial charge in [-0.3, -0.25) is 14.4 Å². The second-order valence-electron chi connectivity index (χ2n) is 10.3. The molecule has 2 bridgehead atoms. The van der Waals surface area contributed by atoms with Crippen LogP contribution in [0.25, 0.3) is 6.08 Å². The van der Waals surface area contributed by atoms with E-state index >= 15 is 0 Å². The number of fused-ring (bicyclic) bond motifs is 3. The van der Waals surface area contributed by atoms with Gasteiger partial charge >= 0.3 is 0 Å². The molecule has 1 heterocycles. The molecule has 0 aromatic heterocycles. The summed E-state index contributed by atoms with van der Waals surface area (Å²) in [6.07, 6.45) is 1.91. The van der Waals surface area contributed by atoms with E-state index in [2.05, 4.69) is 10.6 Å². The third-order valence-electron chi connectivity index (χ3n) is 6.51. The number of methoxy groups -OCH3 is 2. The van der Waals surface area contributed by atoms with Gasteiger partial charge in [-0.1, -0.05) is 58.0 Å². The van der Waals surface area contributed by atoms with E-state index < -0.39 is 18.2 Å². The van der Waals surface area contributed by atoms with Gasteiger partial charge in [-0.15, -0.1) is 0 Å². The Morgan fingerprint density at radius 2 is 1.68 bits per heavy atom. The Labute approximate surface area is 225 Å². The third kappa shape index (κ3) is 7.30. The Morgan fingerprint density at radius 3 is 2.34 bits per heavy atom. The van der Waals surface area contributed by atoms with Crippen molar-refractivity contribution in [1.82, 2.24) is 10.2 Å². The summed E-state index contributed by atoms with van der Waals surface area (Å²) in [7, 11) is 3.16. The lowest BCUT2D eigenvalue weighted by atomic mass is 9.98. The van der Waals surface area contributed by atoms with Crippen LogP contribution in [0.2, 0.25) is 0 Å². The average molecular weight is 522 g/mol. The fourth-order valence-electron chi connectivity index (χ4n) is 4.61. The largest absolute Gasteiger partial charge is 0.377 e. The Kier molecular flexibility index (Phi) is 10.2. The molecule has 0 saturated carbocycles. The van der Waals surface area contributed by atoms with Gasteiger partial charge in [-0.2, -0.15) is 0 Å². The maximum Gasteiger partial charge on any atom is 0.255 e. The van der Waals surface area contributed by atoms with Crippen molar-refractivity contribution in [3.8, 4) is 0 Å². The van der Waals surface area contributed by atoms with Gasteiger partial charge in [-0.05, 0) is 41.7 Å². The van der Waals surface area contributed by atoms with E-state index in [-0.39, 0.29) is 36.1 Å². The summed E-state index contributed by atoms with van der Waals surface area (Å²) in [5.41, 5.74) is 2.47. The van der Waals surface area contributed by atoms with E-state index in [9.17, 15) is 14.4 Å². The second-order valence-corrected chi connectivity index (χ2v) is 10.3. The minimum atomic E-state index is -0.720. The highest BCUT2D eigenvalue weighted by Gasteiger charge is 2.34. The number of hydrogen-bond donors (Lipinski definition) is 2. The molecular weight excluding hydrogens is 482 g/mol. The molecule has 2 aromatic carbocycles. The van der Waals surface area contributed by atoms with Gasteiger partial charge < -0.3 is 25.0 Å². The lowest BCUT2D eigenvalue weighted by molar-refractivity contribution is -0.141. The normalized spacial score (nSPS) is 22.1. The molecule has 38 heavy (non-hydrogen) atoms. The first-order valence-electron chi connectivity index (χ1n) is 13.0. The number of carbonyl (C=O) groups is 3. The minimum absolute atomic E-state index is 0.137. The number of para-hydroxylation sites is 1. The lowest BCUT2D eigenvalue weighted by Crippen LogP contribution is -2.54. The van der Waals surface area contributed by atoms with Crippen LogP contribution in [0.4, 0.5) is 5.69 Å². The molecular formula is C30H39N3O5. The Hall–Kier alpha value is -3.49. The summed E-state index contributed by atoms with van der Waals surface area (Å²) < 4.78 is 11.8. The first-order valence-corrected chi connectivity index (χ1v) is 13.0. The fraction of sp³-hybridized carbons (Fsp3) is 0.433. The number of benzene rings is 2. The molecule has 3 rings (SSSR count). The SMILES string of the molecule is COC1c2ccccc2NC(=O)c2cccc(c2)/C=C/C(=O)N[C@@H](C(C)C)C(=O)N(CC(C)C)C[C@H]1OC. The third-order valence-corrected chi connectivity index (χ3v) is 6.51. The number of ether oxygens (including phenoxy) is 2. The van der Waals surface area contributed by atoms with E-state index in [1.54, 1.807) is 43.4 Å². The number of nitrogens with zero attached hydrogens (tertiary/aromatic N) is 1. The molecule has 3 amide bonds. The molecule has 0 radical (unpaired) electrons. The first-order chi connectivity index (χ1) is 18.1. The molecule has 3 atom stereocenters. The lowest BCUT2D eigenvalue weighted by Gasteiger charge is -2.35. The van der Waals surface area contributed by atoms with Crippen molar-refractivity contribution in [2.75, 3.05) is 32.6 Å². The van der Waals surface area contributed by atoms with E-state index in [1.165, 1.54) is 6.08 Å². The zero-order valence-corrected chi connectivity index (χ0v) is 23.1. The highest BCUT2D eigenvalue weighted by Crippen LogP contribution is 2.31. The van der Waals surface area contributed by atoms with E-state index in [0.29, 0.717) is 23.4 Å². The van der Waals surface area contributed by atoms with Crippen LogP contribution in [0.15, 0.2) is 54.6 Å². The zero-order chi connectivity index (χ0) is 27.8. The minimum Gasteiger partial charge on any atom is -0.377 e. The highest BCUT2D eigenvalue weighted by atomic mass is 16.5. The molecule has 0 aliphatic carbocycles. The Bertz CT molecular complexity index is 1160. The van der Waals surface area contributed by atoms with Crippen molar-refractivity contribution in [1.29, 1.82) is 0 Å². The summed E-state index contributed by atoms with van der Waals surface area (Å²) in [6.45, 7) is 8.61. The molecule has 8 heteroatoms. The van der Waals surface area contributed by atoms with Crippen LogP contribution in [0, 0.1) is 11.8 Å². The molecule has 204 valence electrons. The standard InChI is InChI=1S/C30H39N3O5/c1-19(2)17-33-18-25(37-5)28(38-6)23-12-7-8-13-24(23)31-29(35)22-11-9-10-21(16-22)14-15-26(34)32-27(20(3)4)30(33)36/h7-16,19-20,25,27-28H,17-18H2,1-6H3,(H,31,35)(H,32,34)/b15-14+/t25-,27+,28?/m1/s1. The van der Waals surface area contributed by atoms with Crippen molar-refractivity contribution < 1.29 is 23.9 Å². The van der Waals surface area contributed by atoms with Gasteiger partial charge in [0.2, 0.25) is 11.8 Å². The van der Waals surface area contributed by atoms with Crippen LogP contribution in [0.1, 0.15) is 55.3 Å². The monoisotopic (exact) mass is 521 g/mol. The molecule has 1 aliphatic heterocycles. The van der Waals surface area contributed by atoms with Crippen LogP contribution < -0.4 is 10.6 Å². The summed E-state index contributed by atoms with van der Waals surface area (Å²) >= 11 is 0. The summed E-state index contributed by atoms with van der Waals surface area (Å²) in [5, 5.41) is 5.88. The topological polar surface area (TPSA) is 97.0 Å². The summed E-state index contributed by atoms with van der Waals surface area (Å²) in [5.74, 6) is -0.803. The molecule has 2 aromatic rings. The quantitative estimate of drug-likeness (QED) is 0.612. The van der Waals surface area contributed by atoms with Crippen molar-refractivity contribution in [2.45, 2.75) is 45.9 Å². The number of rotatable bonds is 5. The number of anilines is 1. The van der Waals surface area contributed by atoms with Gasteiger partial charge in [0.05, 0.1) is 0 Å². The Balaban J connectivity index is 2.14. The molecule has 0 spiro atoms. The number of nitrogens with one attached hydrogen (secondary N) is 2. The second kappa shape index (κ2) is 13.3. The van der Waals surface area contributed by atoms with Crippen molar-refractivity contribution in [3.63, 3.8) is 0 Å². The number of amides is 3. The first kappa shape index (κ1) is 29.1. The zero-order valence-electron chi connectivity index (χ0n) is 23.1. The van der Waals surface area contributed by atoms with E-state index in [0.717, 1.165) is 5.56 Å². The number of carbonyl (C=O) groups excluding carboxylic acids is 3. The maximum atomic E-state index is 13.8. The maximum absolute atomic E-state index is 13.8. The van der Waals surface area contributed by atoms with E-state index in [4.69, 9.17) is 9.47 Å². The van der Waals surface area contributed by atoms with Gasteiger partial charge in [0.1, 0.15) is 18.2 Å². The van der Waals surface area contributed by atoms with Crippen molar-refractivity contribution in [3.05, 3.63) is 71.3 Å². The summed E-state index contributed by atoms with van der Waals surface area (Å²) in [4.78, 5) is 41.6. The van der Waals surface area contributed by atoms with Crippen molar-refractivity contribution >= 4 is 29.5 Å². The summed E-state index contributed by atoms with van der Waals surface area (Å²) in [6, 6.07) is 13.7. The molecule has 2 N–H and O–H groups in total. The average Bonchev–Trinajstić information content (AvgIpc) is 2.89. The van der Waals surface area contributed by atoms with Gasteiger partial charge in [0.25, 0.3) is 5.91 Å². The fourth-order valence-corrected chi connectivity index (χ4v) is 4.61. The highest BCUT2D eigenvalue weighted by molar-refractivity contribution is 6.05. The molecule has 0 saturated heterocycles. The predicted molar refractivity (Wildman–Crippen MR) is 149 cm³/mol. The van der Waals surface area contributed by atoms with Crippen LogP contribution in [0.5, 0.6) is 0 Å². The van der Waals surface area contributed by atoms with Gasteiger partial charge in [-0.25, -0.2) is 0 Å². The molecule has 8 nitrogen and oxygen atoms in total. The molecule has 1 aliphatic rings. The van der Waals surface area contributed by atoms with Crippen LogP contribution in [0.3, 0.4) is 0 Å². The van der Waals surface area contributed by atoms with Crippen LogP contribution >= 0.6 is 0 Å². The van der Waals surface area contributed by atoms with E-state index in [1.807, 2.05) is 58.0 Å². The predicted octanol–water partition coefficient (Wildman–Crippen LogP) is 4.29. The Morgan fingerprint density at radius 1 is 0.947 bits per heavy atom. The van der Waals surface area contributed by atoms with Gasteiger partial charge in [0.15, 0.2) is 0 Å². The smallest absolute Gasteiger partial charge is 0.255 e.